The van der Waals surface area contributed by atoms with Crippen LogP contribution >= 0.6 is 0 Å². The summed E-state index contributed by atoms with van der Waals surface area (Å²) in [5.74, 6) is -2.46. The van der Waals surface area contributed by atoms with Crippen molar-refractivity contribution in [2.24, 2.45) is 50.2 Å². The molecule has 0 spiro atoms. The molecule has 3 unspecified atom stereocenters. The third-order valence-electron chi connectivity index (χ3n) is 26.3. The van der Waals surface area contributed by atoms with Gasteiger partial charge in [-0.05, 0) is 116 Å². The highest BCUT2D eigenvalue weighted by molar-refractivity contribution is 5.80. The van der Waals surface area contributed by atoms with Crippen molar-refractivity contribution >= 4 is 11.9 Å². The summed E-state index contributed by atoms with van der Waals surface area (Å²) < 4.78 is 90.3. The second-order valence-electron chi connectivity index (χ2n) is 33.2. The van der Waals surface area contributed by atoms with Crippen LogP contribution in [-0.4, -0.2) is 335 Å². The first kappa shape index (κ1) is 80.0. The highest BCUT2D eigenvalue weighted by Gasteiger charge is 2.73. The molecule has 34 heteroatoms. The van der Waals surface area contributed by atoms with E-state index in [1.807, 2.05) is 0 Å². The van der Waals surface area contributed by atoms with Gasteiger partial charge in [-0.15, -0.1) is 0 Å². The van der Waals surface area contributed by atoms with Crippen molar-refractivity contribution in [2.45, 2.75) is 323 Å². The number of methoxy groups -OCH3 is 1. The number of esters is 2. The van der Waals surface area contributed by atoms with Gasteiger partial charge in [0.25, 0.3) is 0 Å². The minimum atomic E-state index is -2.20. The van der Waals surface area contributed by atoms with Crippen LogP contribution in [0.15, 0.2) is 11.6 Å². The molecule has 4 saturated carbocycles. The monoisotopic (exact) mass is 1480 g/mol. The van der Waals surface area contributed by atoms with Crippen LogP contribution in [0.3, 0.4) is 0 Å². The van der Waals surface area contributed by atoms with Crippen LogP contribution in [0.1, 0.15) is 120 Å². The van der Waals surface area contributed by atoms with Crippen molar-refractivity contribution in [1.82, 2.24) is 0 Å². The fourth-order valence-electron chi connectivity index (χ4n) is 19.9. The van der Waals surface area contributed by atoms with Gasteiger partial charge in [-0.25, -0.2) is 4.79 Å². The first-order chi connectivity index (χ1) is 48.3. The van der Waals surface area contributed by atoms with E-state index in [9.17, 15) is 91.6 Å². The summed E-state index contributed by atoms with van der Waals surface area (Å²) in [5.41, 5.74) is -3.21. The molecule has 7 aliphatic heterocycles. The van der Waals surface area contributed by atoms with Crippen molar-refractivity contribution in [1.29, 1.82) is 0 Å². The van der Waals surface area contributed by atoms with Gasteiger partial charge in [0, 0.05) is 0 Å². The van der Waals surface area contributed by atoms with Crippen molar-refractivity contribution in [3.05, 3.63) is 11.6 Å². The van der Waals surface area contributed by atoms with Gasteiger partial charge in [-0.3, -0.25) is 4.79 Å². The standard InChI is InChI=1S/C69H110O34/c1-25-37(75)40(78)45(83)59(94-25)99-51-32(73)24-93-62(54(51)102-61-48(86)52(49(26(2)95-61)97-56-43(81)38(76)29(70)21-90-56)100-58-47(85)50(31(72)23-92-58)98-57-44(82)39(77)30(71)22-91-57)103-63(88)69-18-17-64(3,4)19-28(69)27-11-12-34-66(7)15-14-36(96-60-46(84)41(79)42(80)53(101-60)55(87)89-10)65(5,6)33(66)13-16-67(34,8)68(27,9)20-35(69)74/h11,25-26,28-54,56-62,70-86H,12-24H2,1-10H3/t25-,26-,28?,29+,30+,31+,32+,33?,34?,35+,36-,37-,38-,39-,40+,41-,42-,43+,44+,45+,46+,47+,48+,49-,50-,51-,52-,53-,54+,56-,57-,58-,59-,60+,61-,62-,66-,67+,68+,69+/m0/s1. The third-order valence-corrected chi connectivity index (χ3v) is 26.3. The summed E-state index contributed by atoms with van der Waals surface area (Å²) in [6.07, 6.45) is -50.1. The van der Waals surface area contributed by atoms with E-state index in [0.717, 1.165) is 12.7 Å². The maximum Gasteiger partial charge on any atom is 0.337 e. The Labute approximate surface area is 595 Å². The zero-order valence-corrected chi connectivity index (χ0v) is 59.6. The molecule has 12 rings (SSSR count). The van der Waals surface area contributed by atoms with Crippen LogP contribution in [0.25, 0.3) is 0 Å². The fraction of sp³-hybridized carbons (Fsp3) is 0.942. The molecule has 0 aromatic heterocycles. The van der Waals surface area contributed by atoms with Gasteiger partial charge in [-0.1, -0.05) is 60.1 Å². The van der Waals surface area contributed by atoms with Crippen molar-refractivity contribution in [2.75, 3.05) is 33.5 Å². The zero-order chi connectivity index (χ0) is 75.0. The van der Waals surface area contributed by atoms with Crippen LogP contribution in [-0.2, 0) is 80.6 Å². The average Bonchev–Trinajstić information content (AvgIpc) is 0.671. The van der Waals surface area contributed by atoms with Crippen LogP contribution in [0, 0.1) is 50.2 Å². The average molecular weight is 1480 g/mol. The molecular weight excluding hydrogens is 1370 g/mol. The van der Waals surface area contributed by atoms with E-state index in [1.54, 1.807) is 0 Å². The zero-order valence-electron chi connectivity index (χ0n) is 59.6. The summed E-state index contributed by atoms with van der Waals surface area (Å²) in [6.45, 7) is 15.6. The topological polar surface area (TPSA) is 517 Å². The Balaban J connectivity index is 0.844. The molecule has 103 heavy (non-hydrogen) atoms. The largest absolute Gasteiger partial charge is 0.467 e. The third kappa shape index (κ3) is 13.9. The minimum absolute atomic E-state index is 0.0201. The number of carbonyl (C=O) groups excluding carboxylic acids is 2. The van der Waals surface area contributed by atoms with E-state index in [0.29, 0.717) is 44.9 Å². The smallest absolute Gasteiger partial charge is 0.337 e. The van der Waals surface area contributed by atoms with Crippen molar-refractivity contribution < 1.29 is 167 Å². The molecule has 0 amide bonds. The first-order valence-electron chi connectivity index (χ1n) is 36.2. The molecule has 0 aromatic carbocycles. The van der Waals surface area contributed by atoms with Crippen LogP contribution < -0.4 is 0 Å². The number of allylic oxidation sites excluding steroid dienone is 2. The van der Waals surface area contributed by atoms with Crippen molar-refractivity contribution in [3.8, 4) is 0 Å². The Hall–Kier alpha value is -2.52. The van der Waals surface area contributed by atoms with E-state index in [-0.39, 0.29) is 35.5 Å². The highest BCUT2D eigenvalue weighted by atomic mass is 16.8. The first-order valence-corrected chi connectivity index (χ1v) is 36.2. The Morgan fingerprint density at radius 1 is 0.447 bits per heavy atom. The number of ether oxygens (including phenoxy) is 15. The van der Waals surface area contributed by atoms with E-state index in [4.69, 9.17) is 71.1 Å². The Kier molecular flexibility index (Phi) is 23.3. The predicted octanol–water partition coefficient (Wildman–Crippen LogP) is -4.80. The van der Waals surface area contributed by atoms with Crippen molar-refractivity contribution in [3.63, 3.8) is 0 Å². The number of rotatable bonds is 15. The Morgan fingerprint density at radius 3 is 1.56 bits per heavy atom. The van der Waals surface area contributed by atoms with Crippen LogP contribution in [0.5, 0.6) is 0 Å². The lowest BCUT2D eigenvalue weighted by Crippen LogP contribution is -2.69. The lowest BCUT2D eigenvalue weighted by molar-refractivity contribution is -0.399. The number of fused-ring (bicyclic) bond motifs is 7. The van der Waals surface area contributed by atoms with Crippen LogP contribution in [0.4, 0.5) is 0 Å². The maximum absolute atomic E-state index is 16.2. The van der Waals surface area contributed by atoms with Crippen LogP contribution in [0.2, 0.25) is 0 Å². The molecule has 590 valence electrons. The molecule has 5 aliphatic carbocycles. The minimum Gasteiger partial charge on any atom is -0.467 e. The molecule has 34 nitrogen and oxygen atoms in total. The van der Waals surface area contributed by atoms with E-state index < -0.39 is 269 Å². The predicted molar refractivity (Wildman–Crippen MR) is 340 cm³/mol. The molecule has 7 saturated heterocycles. The summed E-state index contributed by atoms with van der Waals surface area (Å²) in [7, 11) is 1.12. The Bertz CT molecular complexity index is 2980. The Morgan fingerprint density at radius 2 is 0.942 bits per heavy atom. The number of hydrogen-bond acceptors (Lipinski definition) is 34. The van der Waals surface area contributed by atoms with Gasteiger partial charge in [0.05, 0.1) is 58.0 Å². The molecular formula is C69H110O34. The van der Waals surface area contributed by atoms with E-state index in [1.165, 1.54) is 13.8 Å². The molecule has 40 atom stereocenters. The molecule has 0 radical (unpaired) electrons. The molecule has 11 fully saturated rings. The highest BCUT2D eigenvalue weighted by Crippen LogP contribution is 2.76. The quantitative estimate of drug-likeness (QED) is 0.0416. The maximum atomic E-state index is 16.2. The number of aliphatic hydroxyl groups excluding tert-OH is 17. The second-order valence-corrected chi connectivity index (χ2v) is 33.2. The molecule has 7 heterocycles. The van der Waals surface area contributed by atoms with Gasteiger partial charge in [0.2, 0.25) is 6.29 Å². The van der Waals surface area contributed by atoms with Gasteiger partial charge in [0.15, 0.2) is 49.9 Å². The van der Waals surface area contributed by atoms with E-state index >= 15 is 4.79 Å². The number of hydrogen-bond donors (Lipinski definition) is 17. The molecule has 0 bridgehead atoms. The lowest BCUT2D eigenvalue weighted by Gasteiger charge is -2.71. The second kappa shape index (κ2) is 30.0. The summed E-state index contributed by atoms with van der Waals surface area (Å²) >= 11 is 0. The lowest BCUT2D eigenvalue weighted by atomic mass is 9.33. The number of aliphatic hydroxyl groups is 17. The summed E-state index contributed by atoms with van der Waals surface area (Å²) in [6, 6.07) is 0. The fourth-order valence-corrected chi connectivity index (χ4v) is 19.9. The molecule has 12 aliphatic rings. The molecule has 17 N–H and O–H groups in total. The number of carbonyl (C=O) groups is 2. The summed E-state index contributed by atoms with van der Waals surface area (Å²) in [5, 5.41) is 190. The molecule has 0 aromatic rings. The van der Waals surface area contributed by atoms with Gasteiger partial charge in [0.1, 0.15) is 127 Å². The van der Waals surface area contributed by atoms with E-state index in [2.05, 4.69) is 54.5 Å². The van der Waals surface area contributed by atoms with Gasteiger partial charge >= 0.3 is 11.9 Å². The normalized spacial score (nSPS) is 54.3. The SMILES string of the molecule is COC(=O)[C@H]1O[C@@H](O[C@H]2CC[C@@]3(C)C(CC[C@]4(C)C3CC=C3C5CC(C)(C)CC[C@]5(C(=O)O[C@@H]5OC[C@@H](O)[C@H](O[C@@H]6O[C@@H](C)[C@H](O)[C@@H](O)[C@H]6O)[C@H]5O[C@@H]5O[C@@H](C)[C@H](O[C@@H]6OC[C@@H](O)[C@H](O)[C@H]6O)[C@@H](O[C@@H]6OC[C@@H](O)[C@H](O[C@@H]7OC[C@@H](O)[C@H](O)[C@H]7O)[C@H]6O)[C@H]5O)[C@H](O)C[C@]34C)C2(C)C)[C@H](O)[C@@H](O)[C@@H]1O. The summed E-state index contributed by atoms with van der Waals surface area (Å²) in [4.78, 5) is 28.8. The van der Waals surface area contributed by atoms with Gasteiger partial charge < -0.3 is 158 Å². The van der Waals surface area contributed by atoms with Gasteiger partial charge in [-0.2, -0.15) is 0 Å².